The van der Waals surface area contributed by atoms with Gasteiger partial charge in [-0.2, -0.15) is 0 Å². The van der Waals surface area contributed by atoms with Gasteiger partial charge in [0.15, 0.2) is 5.60 Å². The van der Waals surface area contributed by atoms with E-state index in [1.54, 1.807) is 7.11 Å². The molecule has 0 radical (unpaired) electrons. The topological polar surface area (TPSA) is 131 Å². The molecule has 2 fully saturated rings. The Morgan fingerprint density at radius 1 is 1.12 bits per heavy atom. The number of hydrogen-bond donors (Lipinski definition) is 3. The first-order chi connectivity index (χ1) is 24.6. The van der Waals surface area contributed by atoms with Crippen LogP contribution in [0.15, 0.2) is 79.0 Å². The number of ether oxygens (including phenoxy) is 2. The van der Waals surface area contributed by atoms with E-state index in [9.17, 15) is 9.90 Å². The van der Waals surface area contributed by atoms with E-state index in [4.69, 9.17) is 9.47 Å². The number of fused-ring (bicyclic) bond motifs is 2. The fourth-order valence-corrected chi connectivity index (χ4v) is 12.7. The Morgan fingerprint density at radius 2 is 1.88 bits per heavy atom. The second-order valence-corrected chi connectivity index (χ2v) is 19.3. The summed E-state index contributed by atoms with van der Waals surface area (Å²) >= 11 is 0. The van der Waals surface area contributed by atoms with Crippen molar-refractivity contribution in [2.24, 2.45) is 5.92 Å². The molecule has 3 aliphatic heterocycles. The molecule has 51 heavy (non-hydrogen) atoms. The minimum absolute atomic E-state index is 0.0159. The minimum atomic E-state index is -2.29. The number of rotatable bonds is 12. The number of nitrogens with one attached hydrogen (secondary N) is 2. The molecule has 1 aromatic heterocycles. The number of hydrogen-bond acceptors (Lipinski definition) is 8. The molecule has 1 spiro atoms. The van der Waals surface area contributed by atoms with Crippen molar-refractivity contribution in [3.63, 3.8) is 0 Å². The molecular formula is C39H48N6O5Si. The lowest BCUT2D eigenvalue weighted by Gasteiger charge is -2.37. The Hall–Kier alpha value is -4.36. The highest BCUT2D eigenvalue weighted by Crippen LogP contribution is 2.60. The number of aliphatic hydroxyl groups is 1. The van der Waals surface area contributed by atoms with Crippen molar-refractivity contribution in [1.82, 2.24) is 20.3 Å². The van der Waals surface area contributed by atoms with Crippen LogP contribution in [0.25, 0.3) is 0 Å². The quantitative estimate of drug-likeness (QED) is 0.185. The molecule has 0 bridgehead atoms. The van der Waals surface area contributed by atoms with Crippen LogP contribution in [0.4, 0.5) is 11.4 Å². The normalized spacial score (nSPS) is 24.3. The summed E-state index contributed by atoms with van der Waals surface area (Å²) in [6.45, 7) is 8.81. The number of methoxy groups -OCH3 is 1. The maximum atomic E-state index is 15.0. The lowest BCUT2D eigenvalue weighted by molar-refractivity contribution is -0.146. The highest BCUT2D eigenvalue weighted by atomic mass is 28.3. The van der Waals surface area contributed by atoms with Gasteiger partial charge < -0.3 is 30.1 Å². The van der Waals surface area contributed by atoms with Gasteiger partial charge in [-0.15, -0.1) is 5.10 Å². The highest BCUT2D eigenvalue weighted by molar-refractivity contribution is 6.91. The fraction of sp³-hybridized carbons (Fsp3) is 0.436. The zero-order chi connectivity index (χ0) is 35.8. The van der Waals surface area contributed by atoms with Gasteiger partial charge in [0.2, 0.25) is 5.91 Å². The van der Waals surface area contributed by atoms with E-state index in [0.717, 1.165) is 53.3 Å². The van der Waals surface area contributed by atoms with Crippen molar-refractivity contribution in [2.75, 3.05) is 30.5 Å². The molecule has 3 aromatic carbocycles. The molecule has 5 atom stereocenters. The number of amides is 2. The molecular weight excluding hydrogens is 661 g/mol. The number of aliphatic hydroxyl groups excluding tert-OH is 1. The van der Waals surface area contributed by atoms with Crippen molar-refractivity contribution in [3.05, 3.63) is 95.8 Å². The van der Waals surface area contributed by atoms with Gasteiger partial charge in [-0.1, -0.05) is 72.9 Å². The molecule has 7 rings (SSSR count). The van der Waals surface area contributed by atoms with Gasteiger partial charge in [-0.25, -0.2) is 0 Å². The van der Waals surface area contributed by atoms with Crippen LogP contribution in [-0.2, 0) is 39.4 Å². The van der Waals surface area contributed by atoms with Crippen molar-refractivity contribution >= 4 is 36.4 Å². The van der Waals surface area contributed by atoms with Gasteiger partial charge in [0.25, 0.3) is 5.91 Å². The molecule has 11 nitrogen and oxygen atoms in total. The first-order valence-corrected chi connectivity index (χ1v) is 21.1. The zero-order valence-corrected chi connectivity index (χ0v) is 30.8. The van der Waals surface area contributed by atoms with Crippen molar-refractivity contribution in [2.45, 2.75) is 82.1 Å². The van der Waals surface area contributed by atoms with Crippen LogP contribution in [0.5, 0.6) is 5.75 Å². The smallest absolute Gasteiger partial charge is 0.264 e. The zero-order valence-electron chi connectivity index (χ0n) is 29.8. The largest absolute Gasteiger partial charge is 0.497 e. The van der Waals surface area contributed by atoms with Crippen LogP contribution in [0.3, 0.4) is 0 Å². The number of aryl methyl sites for hydroxylation is 1. The average Bonchev–Trinajstić information content (AvgIpc) is 3.94. The Labute approximate surface area is 300 Å². The first-order valence-electron chi connectivity index (χ1n) is 18.0. The van der Waals surface area contributed by atoms with E-state index in [2.05, 4.69) is 59.2 Å². The molecule has 3 N–H and O–H groups in total. The van der Waals surface area contributed by atoms with Crippen LogP contribution in [0.1, 0.15) is 43.0 Å². The second kappa shape index (κ2) is 14.3. The van der Waals surface area contributed by atoms with Gasteiger partial charge in [0, 0.05) is 42.9 Å². The lowest BCUT2D eigenvalue weighted by Crippen LogP contribution is -2.51. The number of para-hydroxylation sites is 1. The van der Waals surface area contributed by atoms with Gasteiger partial charge in [0.1, 0.15) is 5.75 Å². The number of aromatic nitrogens is 3. The number of benzene rings is 3. The lowest BCUT2D eigenvalue weighted by atomic mass is 9.82. The summed E-state index contributed by atoms with van der Waals surface area (Å²) in [5.41, 5.74) is 3.18. The number of carbonyl (C=O) groups is 2. The standard InChI is InChI=1S/C39H48N6O5Si/c1-26-36(51(3,4)31-17-15-30(49-2)16-18-31)35(19-22-44-25-29(20-23-46)42-43-44)50-39(26)32-8-5-6-10-34(32)45(38(39)48)24-27-11-13-28(14-12-27)41-37(47)33-9-7-21-40-33/h5-6,8,10-18,25-26,33,35-36,40,46H,7,9,19-24H2,1-4H3,(H,41,47)/t26-,33-,35+,36-,39+/m1/s1. The third-order valence-corrected chi connectivity index (χ3v) is 15.6. The van der Waals surface area contributed by atoms with Crippen molar-refractivity contribution in [3.8, 4) is 5.75 Å². The van der Waals surface area contributed by atoms with Gasteiger partial charge >= 0.3 is 0 Å². The predicted octanol–water partition coefficient (Wildman–Crippen LogP) is 4.37. The van der Waals surface area contributed by atoms with E-state index >= 15 is 4.79 Å². The van der Waals surface area contributed by atoms with E-state index in [1.807, 2.05) is 70.4 Å². The third-order valence-electron chi connectivity index (χ3n) is 11.3. The Kier molecular flexibility index (Phi) is 9.86. The molecule has 12 heteroatoms. The Balaban J connectivity index is 1.19. The molecule has 3 aliphatic rings. The number of anilines is 2. The highest BCUT2D eigenvalue weighted by Gasteiger charge is 2.66. The molecule has 4 aromatic rings. The predicted molar refractivity (Wildman–Crippen MR) is 199 cm³/mol. The maximum absolute atomic E-state index is 15.0. The molecule has 2 amide bonds. The summed E-state index contributed by atoms with van der Waals surface area (Å²) in [6, 6.07) is 24.1. The first kappa shape index (κ1) is 35.1. The van der Waals surface area contributed by atoms with Gasteiger partial charge in [-0.3, -0.25) is 14.3 Å². The maximum Gasteiger partial charge on any atom is 0.264 e. The fourth-order valence-electron chi connectivity index (χ4n) is 8.64. The molecule has 0 saturated carbocycles. The molecule has 268 valence electrons. The molecule has 2 saturated heterocycles. The Morgan fingerprint density at radius 3 is 2.59 bits per heavy atom. The minimum Gasteiger partial charge on any atom is -0.497 e. The monoisotopic (exact) mass is 708 g/mol. The number of carbonyl (C=O) groups excluding carboxylic acids is 2. The molecule has 0 unspecified atom stereocenters. The van der Waals surface area contributed by atoms with Gasteiger partial charge in [-0.05, 0) is 67.2 Å². The average molecular weight is 709 g/mol. The van der Waals surface area contributed by atoms with Crippen LogP contribution in [0, 0.1) is 5.92 Å². The second-order valence-electron chi connectivity index (χ2n) is 14.6. The summed E-state index contributed by atoms with van der Waals surface area (Å²) in [6.07, 6.45) is 4.62. The Bertz CT molecular complexity index is 1860. The van der Waals surface area contributed by atoms with Crippen LogP contribution >= 0.6 is 0 Å². The third kappa shape index (κ3) is 6.50. The van der Waals surface area contributed by atoms with Crippen LogP contribution < -0.4 is 25.5 Å². The summed E-state index contributed by atoms with van der Waals surface area (Å²) in [7, 11) is -0.616. The summed E-state index contributed by atoms with van der Waals surface area (Å²) in [5.74, 6) is 0.637. The van der Waals surface area contributed by atoms with Crippen LogP contribution in [-0.4, -0.2) is 72.4 Å². The van der Waals surface area contributed by atoms with Gasteiger partial charge in [0.05, 0.1) is 45.3 Å². The summed E-state index contributed by atoms with van der Waals surface area (Å²) in [5, 5.41) is 25.5. The summed E-state index contributed by atoms with van der Waals surface area (Å²) in [4.78, 5) is 29.6. The van der Waals surface area contributed by atoms with E-state index < -0.39 is 13.7 Å². The SMILES string of the molecule is COc1ccc([Si](C)(C)[C@H]2[C@H](CCn3cc(CCO)nn3)O[C@@]3(C(=O)N(Cc4ccc(NC(=O)[C@H]5CCCN5)cc4)c4ccccc43)[C@@H]2C)cc1. The summed E-state index contributed by atoms with van der Waals surface area (Å²) < 4.78 is 14.5. The van der Waals surface area contributed by atoms with E-state index in [-0.39, 0.29) is 42.0 Å². The number of nitrogens with zero attached hydrogens (tertiary/aromatic N) is 4. The van der Waals surface area contributed by atoms with E-state index in [0.29, 0.717) is 25.9 Å². The molecule has 0 aliphatic carbocycles. The molecule has 4 heterocycles. The van der Waals surface area contributed by atoms with Crippen LogP contribution in [0.2, 0.25) is 18.6 Å². The van der Waals surface area contributed by atoms with E-state index in [1.165, 1.54) is 5.19 Å². The van der Waals surface area contributed by atoms with Crippen molar-refractivity contribution in [1.29, 1.82) is 0 Å². The van der Waals surface area contributed by atoms with Crippen molar-refractivity contribution < 1.29 is 24.2 Å².